The summed E-state index contributed by atoms with van der Waals surface area (Å²) in [5.74, 6) is -0.182. The Kier molecular flexibility index (Phi) is 7.43. The third kappa shape index (κ3) is 5.72. The zero-order chi connectivity index (χ0) is 24.1. The molecule has 5 heteroatoms. The minimum atomic E-state index is -0.124. The number of aryl methyl sites for hydroxylation is 1. The Labute approximate surface area is 205 Å². The molecule has 2 amide bonds. The molecule has 174 valence electrons. The van der Waals surface area contributed by atoms with Gasteiger partial charge in [0.1, 0.15) is 6.54 Å². The number of hydrogen-bond donors (Lipinski definition) is 0. The number of nitrogens with zero attached hydrogens (tertiary/aromatic N) is 2. The highest BCUT2D eigenvalue weighted by Crippen LogP contribution is 2.21. The Morgan fingerprint density at radius 1 is 0.824 bits per heavy atom. The van der Waals surface area contributed by atoms with Crippen molar-refractivity contribution in [3.8, 4) is 0 Å². The van der Waals surface area contributed by atoms with Crippen molar-refractivity contribution in [3.63, 3.8) is 0 Å². The molecule has 34 heavy (non-hydrogen) atoms. The van der Waals surface area contributed by atoms with Crippen LogP contribution in [-0.4, -0.2) is 34.2 Å². The number of benzene rings is 3. The Hall–Kier alpha value is -3.44. The first kappa shape index (κ1) is 23.7. The van der Waals surface area contributed by atoms with E-state index in [1.54, 1.807) is 16.2 Å². The van der Waals surface area contributed by atoms with E-state index in [0.717, 1.165) is 21.2 Å². The fraction of sp³-hybridized carbons (Fsp3) is 0.241. The van der Waals surface area contributed by atoms with Gasteiger partial charge in [-0.25, -0.2) is 0 Å². The van der Waals surface area contributed by atoms with Crippen molar-refractivity contribution >= 4 is 33.9 Å². The van der Waals surface area contributed by atoms with Crippen molar-refractivity contribution in [2.45, 2.75) is 39.9 Å². The number of carbonyl (C=O) groups excluding carboxylic acids is 2. The minimum Gasteiger partial charge on any atom is -0.332 e. The van der Waals surface area contributed by atoms with E-state index in [1.165, 1.54) is 4.88 Å². The van der Waals surface area contributed by atoms with Gasteiger partial charge in [0.05, 0.1) is 6.54 Å². The maximum atomic E-state index is 13.6. The monoisotopic (exact) mass is 470 g/mol. The molecule has 0 atom stereocenters. The lowest BCUT2D eigenvalue weighted by Gasteiger charge is -2.30. The molecule has 0 saturated heterocycles. The zero-order valence-electron chi connectivity index (χ0n) is 19.9. The predicted molar refractivity (Wildman–Crippen MR) is 140 cm³/mol. The quantitative estimate of drug-likeness (QED) is 0.304. The molecular weight excluding hydrogens is 440 g/mol. The van der Waals surface area contributed by atoms with E-state index < -0.39 is 0 Å². The summed E-state index contributed by atoms with van der Waals surface area (Å²) in [4.78, 5) is 32.9. The highest BCUT2D eigenvalue weighted by Gasteiger charge is 2.25. The second-order valence-electron chi connectivity index (χ2n) is 8.84. The van der Waals surface area contributed by atoms with Crippen LogP contribution >= 0.6 is 11.3 Å². The highest BCUT2D eigenvalue weighted by molar-refractivity contribution is 7.11. The van der Waals surface area contributed by atoms with Crippen molar-refractivity contribution in [2.24, 2.45) is 0 Å². The first-order valence-corrected chi connectivity index (χ1v) is 12.4. The number of rotatable bonds is 8. The first-order chi connectivity index (χ1) is 16.4. The van der Waals surface area contributed by atoms with Gasteiger partial charge in [-0.1, -0.05) is 60.7 Å². The molecule has 4 nitrogen and oxygen atoms in total. The minimum absolute atomic E-state index is 0.0422. The summed E-state index contributed by atoms with van der Waals surface area (Å²) in [6, 6.07) is 27.7. The molecule has 0 N–H and O–H groups in total. The molecule has 0 aliphatic rings. The molecule has 3 aromatic carbocycles. The second-order valence-corrected chi connectivity index (χ2v) is 10.2. The smallest absolute Gasteiger partial charge is 0.254 e. The van der Waals surface area contributed by atoms with Gasteiger partial charge in [-0.05, 0) is 61.4 Å². The third-order valence-corrected chi connectivity index (χ3v) is 6.88. The van der Waals surface area contributed by atoms with Crippen LogP contribution in [0.3, 0.4) is 0 Å². The molecule has 1 aromatic heterocycles. The van der Waals surface area contributed by atoms with Crippen LogP contribution in [0.2, 0.25) is 0 Å². The molecule has 0 fully saturated rings. The van der Waals surface area contributed by atoms with Gasteiger partial charge in [0, 0.05) is 27.9 Å². The average Bonchev–Trinajstić information content (AvgIpc) is 3.26. The number of hydrogen-bond acceptors (Lipinski definition) is 3. The van der Waals surface area contributed by atoms with Crippen molar-refractivity contribution in [2.75, 3.05) is 6.54 Å². The summed E-state index contributed by atoms with van der Waals surface area (Å²) in [5, 5.41) is 2.11. The Morgan fingerprint density at radius 3 is 2.21 bits per heavy atom. The molecule has 0 radical (unpaired) electrons. The summed E-state index contributed by atoms with van der Waals surface area (Å²) in [7, 11) is 0. The van der Waals surface area contributed by atoms with Crippen molar-refractivity contribution in [1.29, 1.82) is 0 Å². The summed E-state index contributed by atoms with van der Waals surface area (Å²) >= 11 is 1.70. The number of fused-ring (bicyclic) bond motifs is 1. The Bertz CT molecular complexity index is 1280. The van der Waals surface area contributed by atoms with E-state index in [0.29, 0.717) is 18.7 Å². The average molecular weight is 471 g/mol. The molecule has 4 aromatic rings. The largest absolute Gasteiger partial charge is 0.332 e. The summed E-state index contributed by atoms with van der Waals surface area (Å²) in [5.41, 5.74) is 1.67. The molecule has 0 bridgehead atoms. The lowest BCUT2D eigenvalue weighted by molar-refractivity contribution is -0.133. The predicted octanol–water partition coefficient (Wildman–Crippen LogP) is 6.29. The van der Waals surface area contributed by atoms with Crippen LogP contribution in [0.25, 0.3) is 10.8 Å². The van der Waals surface area contributed by atoms with Gasteiger partial charge in [0.15, 0.2) is 0 Å². The Morgan fingerprint density at radius 2 is 1.53 bits per heavy atom. The van der Waals surface area contributed by atoms with Crippen LogP contribution in [0.4, 0.5) is 0 Å². The summed E-state index contributed by atoms with van der Waals surface area (Å²) in [6.07, 6.45) is 0. The molecule has 4 rings (SSSR count). The van der Waals surface area contributed by atoms with Gasteiger partial charge in [-0.15, -0.1) is 11.3 Å². The van der Waals surface area contributed by atoms with E-state index in [1.807, 2.05) is 91.5 Å². The molecule has 0 aliphatic carbocycles. The van der Waals surface area contributed by atoms with Crippen LogP contribution in [0.15, 0.2) is 84.9 Å². The van der Waals surface area contributed by atoms with E-state index in [4.69, 9.17) is 0 Å². The fourth-order valence-corrected chi connectivity index (χ4v) is 4.92. The lowest BCUT2D eigenvalue weighted by Crippen LogP contribution is -2.45. The Balaban J connectivity index is 1.56. The molecule has 0 saturated carbocycles. The summed E-state index contributed by atoms with van der Waals surface area (Å²) < 4.78 is 0. The third-order valence-electron chi connectivity index (χ3n) is 5.90. The van der Waals surface area contributed by atoms with Gasteiger partial charge < -0.3 is 9.80 Å². The topological polar surface area (TPSA) is 40.6 Å². The van der Waals surface area contributed by atoms with Crippen molar-refractivity contribution in [1.82, 2.24) is 9.80 Å². The van der Waals surface area contributed by atoms with Crippen LogP contribution in [0, 0.1) is 6.92 Å². The van der Waals surface area contributed by atoms with Gasteiger partial charge in [0.25, 0.3) is 5.91 Å². The van der Waals surface area contributed by atoms with Gasteiger partial charge in [0.2, 0.25) is 5.91 Å². The normalized spacial score (nSPS) is 11.1. The maximum absolute atomic E-state index is 13.6. The molecule has 1 heterocycles. The fourth-order valence-electron chi connectivity index (χ4n) is 4.02. The van der Waals surface area contributed by atoms with Crippen molar-refractivity contribution in [3.05, 3.63) is 106 Å². The summed E-state index contributed by atoms with van der Waals surface area (Å²) in [6.45, 7) is 7.06. The maximum Gasteiger partial charge on any atom is 0.254 e. The van der Waals surface area contributed by atoms with Crippen molar-refractivity contribution < 1.29 is 9.59 Å². The molecule has 0 unspecified atom stereocenters. The molecule has 0 aliphatic heterocycles. The van der Waals surface area contributed by atoms with E-state index in [9.17, 15) is 9.59 Å². The SMILES string of the molecule is Cc1ccc(CN(Cc2ccccc2)C(=O)CN(C(=O)c2ccc3ccccc3c2)C(C)C)s1. The van der Waals surface area contributed by atoms with Gasteiger partial charge >= 0.3 is 0 Å². The van der Waals surface area contributed by atoms with Gasteiger partial charge in [-0.3, -0.25) is 9.59 Å². The van der Waals surface area contributed by atoms with Gasteiger partial charge in [-0.2, -0.15) is 0 Å². The van der Waals surface area contributed by atoms with Crippen LogP contribution in [0.5, 0.6) is 0 Å². The number of carbonyl (C=O) groups is 2. The van der Waals surface area contributed by atoms with E-state index in [-0.39, 0.29) is 24.4 Å². The lowest BCUT2D eigenvalue weighted by atomic mass is 10.1. The highest BCUT2D eigenvalue weighted by atomic mass is 32.1. The van der Waals surface area contributed by atoms with E-state index in [2.05, 4.69) is 19.1 Å². The standard InChI is InChI=1S/C29H30N2O2S/c1-21(2)31(29(33)26-15-14-24-11-7-8-12-25(24)17-26)20-28(32)30(18-23-9-5-4-6-10-23)19-27-16-13-22(3)34-27/h4-17,21H,18-20H2,1-3H3. The first-order valence-electron chi connectivity index (χ1n) is 11.6. The van der Waals surface area contributed by atoms with Crippen LogP contribution in [-0.2, 0) is 17.9 Å². The number of thiophene rings is 1. The van der Waals surface area contributed by atoms with E-state index >= 15 is 0 Å². The molecular formula is C29H30N2O2S. The van der Waals surface area contributed by atoms with Crippen LogP contribution < -0.4 is 0 Å². The molecule has 0 spiro atoms. The van der Waals surface area contributed by atoms with Crippen LogP contribution in [0.1, 0.15) is 39.5 Å². The second kappa shape index (κ2) is 10.7. The number of amides is 2. The zero-order valence-corrected chi connectivity index (χ0v) is 20.7.